The van der Waals surface area contributed by atoms with Crippen LogP contribution in [0.4, 0.5) is 0 Å². The Kier molecular flexibility index (Phi) is 4.37. The lowest BCUT2D eigenvalue weighted by molar-refractivity contribution is -0.231. The van der Waals surface area contributed by atoms with E-state index in [-0.39, 0.29) is 18.3 Å². The zero-order valence-corrected chi connectivity index (χ0v) is 12.7. The van der Waals surface area contributed by atoms with E-state index in [0.29, 0.717) is 32.0 Å². The molecule has 0 aromatic carbocycles. The van der Waals surface area contributed by atoms with Crippen molar-refractivity contribution in [3.05, 3.63) is 0 Å². The van der Waals surface area contributed by atoms with Crippen LogP contribution in [0.3, 0.4) is 0 Å². The molecule has 116 valence electrons. The molecule has 3 aliphatic rings. The molecule has 1 N–H and O–H groups in total. The second kappa shape index (κ2) is 5.91. The molecule has 2 saturated carbocycles. The smallest absolute Gasteiger partial charge is 0.171 e. The van der Waals surface area contributed by atoms with E-state index in [1.165, 1.54) is 6.42 Å². The monoisotopic (exact) mass is 284 g/mol. The molecule has 0 aromatic rings. The summed E-state index contributed by atoms with van der Waals surface area (Å²) in [6.07, 6.45) is 5.41. The van der Waals surface area contributed by atoms with E-state index >= 15 is 0 Å². The second-order valence-electron chi connectivity index (χ2n) is 6.98. The van der Waals surface area contributed by atoms with Gasteiger partial charge in [-0.15, -0.1) is 0 Å². The van der Waals surface area contributed by atoms with Crippen LogP contribution in [0.25, 0.3) is 0 Å². The first-order valence-corrected chi connectivity index (χ1v) is 8.19. The topological polar surface area (TPSA) is 47.9 Å². The maximum Gasteiger partial charge on any atom is 0.171 e. The van der Waals surface area contributed by atoms with Crippen molar-refractivity contribution >= 4 is 0 Å². The molecule has 1 spiro atoms. The van der Waals surface area contributed by atoms with Gasteiger partial charge in [0.05, 0.1) is 31.5 Å². The molecule has 4 nitrogen and oxygen atoms in total. The molecule has 1 saturated heterocycles. The van der Waals surface area contributed by atoms with Gasteiger partial charge in [0.1, 0.15) is 0 Å². The number of aliphatic hydroxyl groups is 1. The summed E-state index contributed by atoms with van der Waals surface area (Å²) in [5.74, 6) is 1.03. The lowest BCUT2D eigenvalue weighted by Crippen LogP contribution is -2.48. The highest BCUT2D eigenvalue weighted by Gasteiger charge is 2.46. The third kappa shape index (κ3) is 3.03. The third-order valence-corrected chi connectivity index (χ3v) is 5.49. The van der Waals surface area contributed by atoms with Gasteiger partial charge < -0.3 is 19.3 Å². The van der Waals surface area contributed by atoms with Crippen LogP contribution in [0.15, 0.2) is 0 Å². The summed E-state index contributed by atoms with van der Waals surface area (Å²) in [4.78, 5) is 0. The zero-order chi connectivity index (χ0) is 14.2. The van der Waals surface area contributed by atoms with Gasteiger partial charge in [0.15, 0.2) is 5.79 Å². The van der Waals surface area contributed by atoms with Crippen molar-refractivity contribution in [1.29, 1.82) is 0 Å². The van der Waals surface area contributed by atoms with Crippen molar-refractivity contribution in [2.24, 2.45) is 11.8 Å². The van der Waals surface area contributed by atoms with Crippen LogP contribution in [-0.2, 0) is 14.2 Å². The molecule has 0 aromatic heterocycles. The second-order valence-corrected chi connectivity index (χ2v) is 6.98. The van der Waals surface area contributed by atoms with Crippen molar-refractivity contribution < 1.29 is 19.3 Å². The largest absolute Gasteiger partial charge is 0.390 e. The normalized spacial score (nSPS) is 44.9. The lowest BCUT2D eigenvalue weighted by Gasteiger charge is -2.41. The summed E-state index contributed by atoms with van der Waals surface area (Å²) in [5, 5.41) is 10.2. The van der Waals surface area contributed by atoms with E-state index in [1.54, 1.807) is 0 Å². The fourth-order valence-electron chi connectivity index (χ4n) is 3.87. The molecule has 3 rings (SSSR count). The van der Waals surface area contributed by atoms with Gasteiger partial charge in [-0.25, -0.2) is 0 Å². The summed E-state index contributed by atoms with van der Waals surface area (Å²) >= 11 is 0. The Bertz CT molecular complexity index is 326. The van der Waals surface area contributed by atoms with Gasteiger partial charge in [-0.2, -0.15) is 0 Å². The molecular weight excluding hydrogens is 256 g/mol. The summed E-state index contributed by atoms with van der Waals surface area (Å²) in [6, 6.07) is 0. The van der Waals surface area contributed by atoms with Gasteiger partial charge in [-0.05, 0) is 37.5 Å². The van der Waals surface area contributed by atoms with E-state index < -0.39 is 5.79 Å². The highest BCUT2D eigenvalue weighted by molar-refractivity contribution is 4.90. The van der Waals surface area contributed by atoms with Crippen LogP contribution in [0.5, 0.6) is 0 Å². The molecule has 4 heteroatoms. The van der Waals surface area contributed by atoms with E-state index in [0.717, 1.165) is 25.2 Å². The van der Waals surface area contributed by atoms with Crippen LogP contribution >= 0.6 is 0 Å². The summed E-state index contributed by atoms with van der Waals surface area (Å²) in [7, 11) is 0. The first kappa shape index (κ1) is 14.8. The first-order valence-electron chi connectivity index (χ1n) is 8.19. The lowest BCUT2D eigenvalue weighted by atomic mass is 9.80. The Labute approximate surface area is 121 Å². The molecule has 20 heavy (non-hydrogen) atoms. The highest BCUT2D eigenvalue weighted by Crippen LogP contribution is 2.39. The van der Waals surface area contributed by atoms with Crippen LogP contribution in [-0.4, -0.2) is 42.4 Å². The van der Waals surface area contributed by atoms with Crippen molar-refractivity contribution in [2.75, 3.05) is 13.2 Å². The molecule has 0 amide bonds. The van der Waals surface area contributed by atoms with Crippen LogP contribution < -0.4 is 0 Å². The van der Waals surface area contributed by atoms with Crippen LogP contribution in [0.1, 0.15) is 52.4 Å². The van der Waals surface area contributed by atoms with Gasteiger partial charge in [0.2, 0.25) is 0 Å². The van der Waals surface area contributed by atoms with Crippen molar-refractivity contribution in [3.63, 3.8) is 0 Å². The Morgan fingerprint density at radius 1 is 1.05 bits per heavy atom. The van der Waals surface area contributed by atoms with E-state index in [9.17, 15) is 5.11 Å². The number of hydrogen-bond donors (Lipinski definition) is 1. The standard InChI is InChI=1S/C16H28O4/c1-11-3-4-13(9-12(11)2)20-15-10-16(6-5-14(15)17)18-7-8-19-16/h11-15,17H,3-10H2,1-2H3. The number of ether oxygens (including phenoxy) is 3. The van der Waals surface area contributed by atoms with E-state index in [1.807, 2.05) is 0 Å². The first-order chi connectivity index (χ1) is 9.58. The SMILES string of the molecule is CC1CCC(OC2CC3(CCC2O)OCCO3)CC1C. The van der Waals surface area contributed by atoms with Gasteiger partial charge in [0.25, 0.3) is 0 Å². The molecule has 0 bridgehead atoms. The zero-order valence-electron chi connectivity index (χ0n) is 12.7. The van der Waals surface area contributed by atoms with Crippen molar-refractivity contribution in [2.45, 2.75) is 76.5 Å². The van der Waals surface area contributed by atoms with Gasteiger partial charge in [-0.3, -0.25) is 0 Å². The quantitative estimate of drug-likeness (QED) is 0.846. The third-order valence-electron chi connectivity index (χ3n) is 5.49. The number of hydrogen-bond acceptors (Lipinski definition) is 4. The average Bonchev–Trinajstić information content (AvgIpc) is 2.87. The van der Waals surface area contributed by atoms with E-state index in [2.05, 4.69) is 13.8 Å². The fraction of sp³-hybridized carbons (Fsp3) is 1.00. The summed E-state index contributed by atoms with van der Waals surface area (Å²) in [5.41, 5.74) is 0. The number of aliphatic hydroxyl groups excluding tert-OH is 1. The Morgan fingerprint density at radius 2 is 1.80 bits per heavy atom. The molecule has 3 fully saturated rings. The Hall–Kier alpha value is -0.160. The maximum atomic E-state index is 10.2. The minimum atomic E-state index is -0.475. The van der Waals surface area contributed by atoms with Gasteiger partial charge >= 0.3 is 0 Å². The minimum absolute atomic E-state index is 0.132. The molecule has 1 aliphatic heterocycles. The van der Waals surface area contributed by atoms with Crippen molar-refractivity contribution in [3.8, 4) is 0 Å². The highest BCUT2D eigenvalue weighted by atomic mass is 16.7. The fourth-order valence-corrected chi connectivity index (χ4v) is 3.87. The summed E-state index contributed by atoms with van der Waals surface area (Å²) < 4.78 is 17.8. The molecule has 1 heterocycles. The molecule has 0 radical (unpaired) electrons. The number of rotatable bonds is 2. The summed E-state index contributed by atoms with van der Waals surface area (Å²) in [6.45, 7) is 5.97. The Morgan fingerprint density at radius 3 is 2.50 bits per heavy atom. The van der Waals surface area contributed by atoms with E-state index in [4.69, 9.17) is 14.2 Å². The predicted molar refractivity (Wildman–Crippen MR) is 75.3 cm³/mol. The molecular formula is C16H28O4. The van der Waals surface area contributed by atoms with Crippen LogP contribution in [0.2, 0.25) is 0 Å². The van der Waals surface area contributed by atoms with Crippen molar-refractivity contribution in [1.82, 2.24) is 0 Å². The average molecular weight is 284 g/mol. The molecule has 5 atom stereocenters. The molecule has 5 unspecified atom stereocenters. The molecule has 2 aliphatic carbocycles. The minimum Gasteiger partial charge on any atom is -0.390 e. The maximum absolute atomic E-state index is 10.2. The van der Waals surface area contributed by atoms with Gasteiger partial charge in [-0.1, -0.05) is 13.8 Å². The Balaban J connectivity index is 1.58. The van der Waals surface area contributed by atoms with Crippen LogP contribution in [0, 0.1) is 11.8 Å². The predicted octanol–water partition coefficient (Wildman–Crippen LogP) is 2.48. The van der Waals surface area contributed by atoms with Gasteiger partial charge in [0, 0.05) is 12.8 Å².